The lowest BCUT2D eigenvalue weighted by atomic mass is 9.65. The molecule has 0 bridgehead atoms. The fourth-order valence-corrected chi connectivity index (χ4v) is 16.1. The molecule has 0 saturated heterocycles. The van der Waals surface area contributed by atoms with Gasteiger partial charge in [0, 0.05) is 26.6 Å². The Morgan fingerprint density at radius 3 is 1.11 bits per heavy atom. The minimum atomic E-state index is -0.579. The number of hydrogen-bond donors (Lipinski definition) is 0. The maximum Gasteiger partial charge on any atom is 0.0735 e. The van der Waals surface area contributed by atoms with Gasteiger partial charge in [0.15, 0.2) is 0 Å². The number of rotatable bonds is 6. The normalized spacial score (nSPS) is 14.2. The van der Waals surface area contributed by atoms with Crippen molar-refractivity contribution in [2.75, 3.05) is 4.90 Å². The molecule has 0 amide bonds. The summed E-state index contributed by atoms with van der Waals surface area (Å²) < 4.78 is 0. The van der Waals surface area contributed by atoms with Crippen LogP contribution in [-0.2, 0) is 21.7 Å². The van der Waals surface area contributed by atoms with Crippen molar-refractivity contribution in [3.05, 3.63) is 329 Å². The van der Waals surface area contributed by atoms with Gasteiger partial charge in [-0.25, -0.2) is 0 Å². The minimum absolute atomic E-state index is 0.0512. The van der Waals surface area contributed by atoms with Crippen molar-refractivity contribution in [2.24, 2.45) is 0 Å². The van der Waals surface area contributed by atoms with Crippen LogP contribution in [0.1, 0.15) is 97.2 Å². The van der Waals surface area contributed by atoms with E-state index in [-0.39, 0.29) is 10.8 Å². The van der Waals surface area contributed by atoms with Gasteiger partial charge in [0.25, 0.3) is 0 Å². The second-order valence-corrected chi connectivity index (χ2v) is 26.6. The van der Waals surface area contributed by atoms with Crippen LogP contribution in [0, 0.1) is 0 Å². The molecular weight excluding hydrogens is 1030 g/mol. The highest BCUT2D eigenvalue weighted by atomic mass is 32.2. The third-order valence-corrected chi connectivity index (χ3v) is 20.1. The van der Waals surface area contributed by atoms with Crippen molar-refractivity contribution in [2.45, 2.75) is 73.0 Å². The quantitative estimate of drug-likeness (QED) is 0.163. The average Bonchev–Trinajstić information content (AvgIpc) is 1.52. The van der Waals surface area contributed by atoms with E-state index in [9.17, 15) is 0 Å². The van der Waals surface area contributed by atoms with Crippen LogP contribution in [0.5, 0.6) is 0 Å². The predicted octanol–water partition coefficient (Wildman–Crippen LogP) is 21.9. The number of hydrogen-bond acceptors (Lipinski definition) is 2. The molecule has 2 spiro atoms. The molecule has 84 heavy (non-hydrogen) atoms. The highest BCUT2D eigenvalue weighted by molar-refractivity contribution is 7.99. The first-order valence-electron chi connectivity index (χ1n) is 29.7. The molecule has 3 aliphatic carbocycles. The molecule has 2 heteroatoms. The van der Waals surface area contributed by atoms with Crippen molar-refractivity contribution >= 4 is 28.8 Å². The van der Waals surface area contributed by atoms with Gasteiger partial charge in [-0.15, -0.1) is 0 Å². The highest BCUT2D eigenvalue weighted by Crippen LogP contribution is 2.66. The zero-order valence-corrected chi connectivity index (χ0v) is 49.2. The molecule has 1 nitrogen and oxygen atoms in total. The van der Waals surface area contributed by atoms with Gasteiger partial charge in [0.1, 0.15) is 0 Å². The largest absolute Gasteiger partial charge is 0.309 e. The maximum atomic E-state index is 2.58. The third-order valence-electron chi connectivity index (χ3n) is 18.9. The van der Waals surface area contributed by atoms with Crippen molar-refractivity contribution in [3.63, 3.8) is 0 Å². The van der Waals surface area contributed by atoms with Gasteiger partial charge < -0.3 is 4.90 Å². The molecule has 402 valence electrons. The summed E-state index contributed by atoms with van der Waals surface area (Å²) in [4.78, 5) is 5.21. The lowest BCUT2D eigenvalue weighted by Crippen LogP contribution is -2.33. The number of benzene rings is 12. The Bertz CT molecular complexity index is 4530. The van der Waals surface area contributed by atoms with Gasteiger partial charge in [0.05, 0.1) is 22.2 Å². The molecule has 0 N–H and O–H groups in total. The molecule has 1 heterocycles. The van der Waals surface area contributed by atoms with Crippen LogP contribution in [0.2, 0.25) is 0 Å². The summed E-state index contributed by atoms with van der Waals surface area (Å²) in [6.07, 6.45) is 0. The maximum absolute atomic E-state index is 2.58. The molecule has 1 aliphatic heterocycles. The van der Waals surface area contributed by atoms with Crippen molar-refractivity contribution in [1.82, 2.24) is 0 Å². The Morgan fingerprint density at radius 2 is 0.619 bits per heavy atom. The van der Waals surface area contributed by atoms with Crippen LogP contribution >= 0.6 is 11.8 Å². The van der Waals surface area contributed by atoms with Crippen LogP contribution in [-0.4, -0.2) is 0 Å². The van der Waals surface area contributed by atoms with Crippen molar-refractivity contribution < 1.29 is 0 Å². The fourth-order valence-electron chi connectivity index (χ4n) is 15.0. The third kappa shape index (κ3) is 7.29. The summed E-state index contributed by atoms with van der Waals surface area (Å²) in [5, 5.41) is 0. The van der Waals surface area contributed by atoms with Gasteiger partial charge >= 0.3 is 0 Å². The molecule has 0 unspecified atom stereocenters. The molecule has 0 atom stereocenters. The van der Waals surface area contributed by atoms with E-state index >= 15 is 0 Å². The second kappa shape index (κ2) is 18.6. The van der Waals surface area contributed by atoms with Crippen molar-refractivity contribution in [1.29, 1.82) is 0 Å². The minimum Gasteiger partial charge on any atom is -0.309 e. The van der Waals surface area contributed by atoms with Gasteiger partial charge in [0.2, 0.25) is 0 Å². The molecule has 0 fully saturated rings. The van der Waals surface area contributed by atoms with Crippen LogP contribution in [0.25, 0.3) is 66.8 Å². The molecule has 0 aromatic heterocycles. The summed E-state index contributed by atoms with van der Waals surface area (Å²) in [6, 6.07) is 104. The van der Waals surface area contributed by atoms with Crippen LogP contribution in [0.4, 0.5) is 17.1 Å². The highest BCUT2D eigenvalue weighted by Gasteiger charge is 2.53. The topological polar surface area (TPSA) is 3.24 Å². The van der Waals surface area contributed by atoms with E-state index in [4.69, 9.17) is 0 Å². The summed E-state index contributed by atoms with van der Waals surface area (Å²) in [5.74, 6) is 0. The molecule has 0 saturated carbocycles. The van der Waals surface area contributed by atoms with Crippen molar-refractivity contribution in [3.8, 4) is 66.8 Å². The Morgan fingerprint density at radius 1 is 0.262 bits per heavy atom. The van der Waals surface area contributed by atoms with Crippen LogP contribution in [0.15, 0.2) is 283 Å². The van der Waals surface area contributed by atoms with Crippen LogP contribution < -0.4 is 4.90 Å². The average molecular weight is 1090 g/mol. The Balaban J connectivity index is 0.955. The number of nitrogens with zero attached hydrogens (tertiary/aromatic N) is 1. The number of para-hydroxylation sites is 2. The van der Waals surface area contributed by atoms with E-state index in [0.717, 1.165) is 33.8 Å². The number of fused-ring (bicyclic) bond motifs is 19. The molecule has 0 radical (unpaired) electrons. The monoisotopic (exact) mass is 1090 g/mol. The van der Waals surface area contributed by atoms with Gasteiger partial charge in [-0.2, -0.15) is 0 Å². The van der Waals surface area contributed by atoms with Gasteiger partial charge in [-0.05, 0) is 165 Å². The van der Waals surface area contributed by atoms with E-state index in [1.54, 1.807) is 0 Å². The van der Waals surface area contributed by atoms with Gasteiger partial charge in [-0.3, -0.25) is 0 Å². The molecule has 12 aromatic carbocycles. The van der Waals surface area contributed by atoms with E-state index in [0.29, 0.717) is 0 Å². The van der Waals surface area contributed by atoms with E-state index < -0.39 is 10.8 Å². The Labute approximate surface area is 499 Å². The van der Waals surface area contributed by atoms with E-state index in [1.165, 1.54) is 115 Å². The zero-order valence-electron chi connectivity index (χ0n) is 48.3. The first-order valence-corrected chi connectivity index (χ1v) is 30.5. The molecule has 4 aliphatic rings. The smallest absolute Gasteiger partial charge is 0.0735 e. The standard InChI is InChI=1S/C82H63NS/c1-79(2,3)56-41-46-77-73(49-56)82(74-50-57(80(4,5)6)42-47-78(74)84-77)70-33-19-13-28-63(70)65-44-40-55(48-71(65)82)60-25-15-21-35-76(60)83(75-34-20-14-24-59(75)54-38-36-53(37-39-54)52-22-8-7-9-23-52)58-43-45-66-64-29-12-18-32-69(64)81(72(66)51-58)67-30-16-10-26-61(67)62-27-11-17-31-68(62)81/h7-51H,1-6H3. The summed E-state index contributed by atoms with van der Waals surface area (Å²) in [6.45, 7) is 14.1. The Kier molecular flexibility index (Phi) is 11.2. The van der Waals surface area contributed by atoms with Crippen LogP contribution in [0.3, 0.4) is 0 Å². The predicted molar refractivity (Wildman–Crippen MR) is 353 cm³/mol. The first-order chi connectivity index (χ1) is 40.9. The summed E-state index contributed by atoms with van der Waals surface area (Å²) in [5.41, 5.74) is 30.4. The van der Waals surface area contributed by atoms with E-state index in [2.05, 4.69) is 319 Å². The molecular formula is C82H63NS. The fraction of sp³-hybridized carbons (Fsp3) is 0.122. The summed E-state index contributed by atoms with van der Waals surface area (Å²) >= 11 is 1.93. The first kappa shape index (κ1) is 50.5. The van der Waals surface area contributed by atoms with E-state index in [1.807, 2.05) is 11.8 Å². The zero-order chi connectivity index (χ0) is 56.7. The Hall–Kier alpha value is -9.21. The summed E-state index contributed by atoms with van der Waals surface area (Å²) in [7, 11) is 0. The second-order valence-electron chi connectivity index (χ2n) is 25.5. The SMILES string of the molecule is CC(C)(C)c1ccc2c(c1)C1(c3cc(C(C)(C)C)ccc3S2)c2ccccc2-c2ccc(-c3ccccc3N(c3ccc4c(c3)C3(c5ccccc5-c5ccccc53)c3ccccc3-4)c3ccccc3-c3ccc(-c4ccccc4)cc3)cc21. The van der Waals surface area contributed by atoms with Gasteiger partial charge in [-0.1, -0.05) is 284 Å². The molecule has 16 rings (SSSR count). The lowest BCUT2D eigenvalue weighted by molar-refractivity contribution is 0.581. The lowest BCUT2D eigenvalue weighted by Gasteiger charge is -2.41. The number of anilines is 3. The molecule has 12 aromatic rings.